The van der Waals surface area contributed by atoms with Crippen molar-refractivity contribution in [1.82, 2.24) is 19.7 Å². The van der Waals surface area contributed by atoms with Gasteiger partial charge in [-0.15, -0.1) is 0 Å². The number of aliphatic hydroxyl groups is 1. The number of carbonyl (C=O) groups is 1. The first-order valence-corrected chi connectivity index (χ1v) is 7.81. The maximum absolute atomic E-state index is 11.9. The minimum atomic E-state index is -1.43. The molecule has 0 bridgehead atoms. The molecule has 9 nitrogen and oxygen atoms in total. The SMILES string of the molecule is CCOC(=O)C1(O)CCN(c2cc(-n3cccn3)nc(N)n2)CC1. The second-order valence-electron chi connectivity index (χ2n) is 5.63. The van der Waals surface area contributed by atoms with Crippen molar-refractivity contribution in [3.8, 4) is 5.82 Å². The number of aromatic nitrogens is 4. The third-order valence-electron chi connectivity index (χ3n) is 4.03. The summed E-state index contributed by atoms with van der Waals surface area (Å²) in [4.78, 5) is 22.3. The largest absolute Gasteiger partial charge is 0.464 e. The van der Waals surface area contributed by atoms with Crippen molar-refractivity contribution in [2.75, 3.05) is 30.3 Å². The molecule has 9 heteroatoms. The van der Waals surface area contributed by atoms with Crippen LogP contribution in [0.2, 0.25) is 0 Å². The molecule has 1 fully saturated rings. The lowest BCUT2D eigenvalue weighted by Crippen LogP contribution is -2.50. The summed E-state index contributed by atoms with van der Waals surface area (Å²) in [6.45, 7) is 2.89. The van der Waals surface area contributed by atoms with Gasteiger partial charge in [0.05, 0.1) is 6.61 Å². The van der Waals surface area contributed by atoms with Gasteiger partial charge in [-0.2, -0.15) is 15.1 Å². The second-order valence-corrected chi connectivity index (χ2v) is 5.63. The number of ether oxygens (including phenoxy) is 1. The van der Waals surface area contributed by atoms with Gasteiger partial charge in [-0.05, 0) is 13.0 Å². The minimum absolute atomic E-state index is 0.143. The van der Waals surface area contributed by atoms with E-state index in [2.05, 4.69) is 15.1 Å². The maximum Gasteiger partial charge on any atom is 0.338 e. The van der Waals surface area contributed by atoms with Crippen molar-refractivity contribution >= 4 is 17.7 Å². The Hall–Kier alpha value is -2.68. The average Bonchev–Trinajstić information content (AvgIpc) is 3.10. The van der Waals surface area contributed by atoms with Gasteiger partial charge in [-0.25, -0.2) is 9.48 Å². The highest BCUT2D eigenvalue weighted by Crippen LogP contribution is 2.27. The molecule has 0 radical (unpaired) electrons. The Labute approximate surface area is 139 Å². The van der Waals surface area contributed by atoms with Crippen LogP contribution in [0, 0.1) is 0 Å². The number of carbonyl (C=O) groups excluding carboxylic acids is 1. The van der Waals surface area contributed by atoms with Crippen molar-refractivity contribution in [3.63, 3.8) is 0 Å². The molecule has 0 spiro atoms. The highest BCUT2D eigenvalue weighted by molar-refractivity contribution is 5.79. The molecule has 128 valence electrons. The van der Waals surface area contributed by atoms with E-state index in [-0.39, 0.29) is 25.4 Å². The van der Waals surface area contributed by atoms with Crippen molar-refractivity contribution in [2.45, 2.75) is 25.4 Å². The number of nitrogen functional groups attached to an aromatic ring is 1. The molecule has 1 saturated heterocycles. The quantitative estimate of drug-likeness (QED) is 0.759. The summed E-state index contributed by atoms with van der Waals surface area (Å²) < 4.78 is 6.55. The Bertz CT molecular complexity index is 710. The predicted octanol–water partition coefficient (Wildman–Crippen LogP) is 0.139. The summed E-state index contributed by atoms with van der Waals surface area (Å²) in [6, 6.07) is 3.57. The van der Waals surface area contributed by atoms with Crippen LogP contribution in [0.15, 0.2) is 24.5 Å². The molecule has 0 aliphatic carbocycles. The molecule has 24 heavy (non-hydrogen) atoms. The highest BCUT2D eigenvalue weighted by Gasteiger charge is 2.41. The number of rotatable bonds is 4. The number of anilines is 2. The van der Waals surface area contributed by atoms with Crippen LogP contribution in [-0.4, -0.2) is 56.1 Å². The fraction of sp³-hybridized carbons (Fsp3) is 0.467. The number of piperidine rings is 1. The molecule has 2 aromatic heterocycles. The van der Waals surface area contributed by atoms with Crippen molar-refractivity contribution in [2.24, 2.45) is 0 Å². The molecule has 0 unspecified atom stereocenters. The van der Waals surface area contributed by atoms with E-state index < -0.39 is 11.6 Å². The zero-order valence-electron chi connectivity index (χ0n) is 13.4. The smallest absolute Gasteiger partial charge is 0.338 e. The average molecular weight is 332 g/mol. The molecular formula is C15H20N6O3. The lowest BCUT2D eigenvalue weighted by atomic mass is 9.91. The van der Waals surface area contributed by atoms with Gasteiger partial charge in [0, 0.05) is 44.4 Å². The summed E-state index contributed by atoms with van der Waals surface area (Å²) in [7, 11) is 0. The molecule has 0 saturated carbocycles. The minimum Gasteiger partial charge on any atom is -0.464 e. The Morgan fingerprint density at radius 2 is 2.08 bits per heavy atom. The number of esters is 1. The molecule has 0 aromatic carbocycles. The standard InChI is InChI=1S/C15H20N6O3/c1-2-24-13(22)15(23)4-8-20(9-5-15)11-10-12(19-14(16)18-11)21-7-3-6-17-21/h3,6-7,10,23H,2,4-5,8-9H2,1H3,(H2,16,18,19). The van der Waals surface area contributed by atoms with Crippen LogP contribution in [0.25, 0.3) is 5.82 Å². The van der Waals surface area contributed by atoms with E-state index in [9.17, 15) is 9.90 Å². The van der Waals surface area contributed by atoms with E-state index in [1.54, 1.807) is 36.1 Å². The first-order valence-electron chi connectivity index (χ1n) is 7.81. The normalized spacial score (nSPS) is 16.8. The van der Waals surface area contributed by atoms with Gasteiger partial charge in [0.1, 0.15) is 5.82 Å². The zero-order valence-corrected chi connectivity index (χ0v) is 13.4. The summed E-state index contributed by atoms with van der Waals surface area (Å²) in [5.74, 6) is 0.779. The van der Waals surface area contributed by atoms with Crippen LogP contribution in [0.3, 0.4) is 0 Å². The monoisotopic (exact) mass is 332 g/mol. The number of hydrogen-bond donors (Lipinski definition) is 2. The molecular weight excluding hydrogens is 312 g/mol. The number of hydrogen-bond acceptors (Lipinski definition) is 8. The molecule has 2 aromatic rings. The molecule has 3 N–H and O–H groups in total. The lowest BCUT2D eigenvalue weighted by molar-refractivity contribution is -0.167. The number of nitrogens with zero attached hydrogens (tertiary/aromatic N) is 5. The van der Waals surface area contributed by atoms with Crippen molar-refractivity contribution in [1.29, 1.82) is 0 Å². The topological polar surface area (TPSA) is 119 Å². The Morgan fingerprint density at radius 3 is 2.71 bits per heavy atom. The maximum atomic E-state index is 11.9. The molecule has 0 amide bonds. The summed E-state index contributed by atoms with van der Waals surface area (Å²) in [5, 5.41) is 14.6. The van der Waals surface area contributed by atoms with Crippen LogP contribution in [0.4, 0.5) is 11.8 Å². The van der Waals surface area contributed by atoms with Crippen LogP contribution < -0.4 is 10.6 Å². The van der Waals surface area contributed by atoms with E-state index in [0.29, 0.717) is 24.7 Å². The van der Waals surface area contributed by atoms with Gasteiger partial charge < -0.3 is 20.5 Å². The molecule has 1 aliphatic rings. The Kier molecular flexibility index (Phi) is 4.34. The van der Waals surface area contributed by atoms with Crippen LogP contribution in [0.1, 0.15) is 19.8 Å². The summed E-state index contributed by atoms with van der Waals surface area (Å²) in [5.41, 5.74) is 4.37. The summed E-state index contributed by atoms with van der Waals surface area (Å²) in [6.07, 6.45) is 3.96. The summed E-state index contributed by atoms with van der Waals surface area (Å²) >= 11 is 0. The van der Waals surface area contributed by atoms with Crippen LogP contribution >= 0.6 is 0 Å². The first kappa shape index (κ1) is 16.2. The van der Waals surface area contributed by atoms with Gasteiger partial charge in [-0.1, -0.05) is 0 Å². The Morgan fingerprint density at radius 1 is 1.38 bits per heavy atom. The fourth-order valence-electron chi connectivity index (χ4n) is 2.70. The van der Waals surface area contributed by atoms with Crippen LogP contribution in [0.5, 0.6) is 0 Å². The molecule has 3 rings (SSSR count). The highest BCUT2D eigenvalue weighted by atomic mass is 16.5. The van der Waals surface area contributed by atoms with Crippen molar-refractivity contribution in [3.05, 3.63) is 24.5 Å². The van der Waals surface area contributed by atoms with Crippen molar-refractivity contribution < 1.29 is 14.6 Å². The van der Waals surface area contributed by atoms with E-state index >= 15 is 0 Å². The molecule has 0 atom stereocenters. The van der Waals surface area contributed by atoms with Gasteiger partial charge in [0.25, 0.3) is 0 Å². The van der Waals surface area contributed by atoms with E-state index in [1.165, 1.54) is 0 Å². The fourth-order valence-corrected chi connectivity index (χ4v) is 2.70. The third-order valence-corrected chi connectivity index (χ3v) is 4.03. The van der Waals surface area contributed by atoms with E-state index in [0.717, 1.165) is 0 Å². The van der Waals surface area contributed by atoms with Crippen LogP contribution in [-0.2, 0) is 9.53 Å². The zero-order chi connectivity index (χ0) is 17.2. The van der Waals surface area contributed by atoms with Gasteiger partial charge in [0.2, 0.25) is 5.95 Å². The second kappa shape index (κ2) is 6.44. The number of nitrogens with two attached hydrogens (primary N) is 1. The molecule has 1 aliphatic heterocycles. The van der Waals surface area contributed by atoms with E-state index in [4.69, 9.17) is 10.5 Å². The predicted molar refractivity (Wildman–Crippen MR) is 86.6 cm³/mol. The van der Waals surface area contributed by atoms with E-state index in [1.807, 2.05) is 4.90 Å². The lowest BCUT2D eigenvalue weighted by Gasteiger charge is -2.36. The van der Waals surface area contributed by atoms with Gasteiger partial charge >= 0.3 is 5.97 Å². The Balaban J connectivity index is 1.76. The third kappa shape index (κ3) is 3.16. The van der Waals surface area contributed by atoms with Gasteiger partial charge in [-0.3, -0.25) is 0 Å². The van der Waals surface area contributed by atoms with Gasteiger partial charge in [0.15, 0.2) is 11.4 Å². The first-order chi connectivity index (χ1) is 11.5. The molecule has 3 heterocycles.